The van der Waals surface area contributed by atoms with Crippen molar-refractivity contribution in [2.45, 2.75) is 78.8 Å². The number of hydrogen-bond acceptors (Lipinski definition) is 2. The van der Waals surface area contributed by atoms with E-state index in [9.17, 15) is 0 Å². The number of likely N-dealkylation sites (tertiary alicyclic amines) is 1. The molecule has 1 aliphatic rings. The number of rotatable bonds is 4. The van der Waals surface area contributed by atoms with Crippen LogP contribution in [-0.4, -0.2) is 36.1 Å². The summed E-state index contributed by atoms with van der Waals surface area (Å²) in [5.41, 5.74) is 0.804. The van der Waals surface area contributed by atoms with Gasteiger partial charge in [-0.25, -0.2) is 0 Å². The zero-order valence-corrected chi connectivity index (χ0v) is 13.5. The predicted molar refractivity (Wildman–Crippen MR) is 81.0 cm³/mol. The summed E-state index contributed by atoms with van der Waals surface area (Å²) in [5, 5.41) is 3.60. The van der Waals surface area contributed by atoms with Crippen LogP contribution in [0.25, 0.3) is 0 Å². The molecule has 1 heterocycles. The number of hydrogen-bond donors (Lipinski definition) is 1. The summed E-state index contributed by atoms with van der Waals surface area (Å²) in [5.74, 6) is 0. The summed E-state index contributed by atoms with van der Waals surface area (Å²) >= 11 is 0. The topological polar surface area (TPSA) is 15.3 Å². The SMILES string of the molecule is CC(CCNC(C)(C)C)N1CCCC(C)(C)CC1. The molecule has 0 bridgehead atoms. The second kappa shape index (κ2) is 6.38. The Morgan fingerprint density at radius 2 is 1.83 bits per heavy atom. The highest BCUT2D eigenvalue weighted by Crippen LogP contribution is 2.30. The maximum absolute atomic E-state index is 3.60. The van der Waals surface area contributed by atoms with E-state index in [0.29, 0.717) is 11.5 Å². The second-order valence-corrected chi connectivity index (χ2v) is 7.87. The molecule has 1 N–H and O–H groups in total. The average Bonchev–Trinajstić information content (AvgIpc) is 2.37. The van der Waals surface area contributed by atoms with Crippen molar-refractivity contribution in [2.75, 3.05) is 19.6 Å². The Morgan fingerprint density at radius 1 is 1.17 bits per heavy atom. The molecule has 1 unspecified atom stereocenters. The van der Waals surface area contributed by atoms with E-state index in [4.69, 9.17) is 0 Å². The number of nitrogens with one attached hydrogen (secondary N) is 1. The van der Waals surface area contributed by atoms with E-state index >= 15 is 0 Å². The summed E-state index contributed by atoms with van der Waals surface area (Å²) < 4.78 is 0. The molecule has 2 nitrogen and oxygen atoms in total. The van der Waals surface area contributed by atoms with E-state index in [1.165, 1.54) is 38.8 Å². The van der Waals surface area contributed by atoms with Crippen LogP contribution in [0.4, 0.5) is 0 Å². The fourth-order valence-corrected chi connectivity index (χ4v) is 2.72. The molecule has 0 saturated carbocycles. The zero-order valence-electron chi connectivity index (χ0n) is 13.5. The minimum absolute atomic E-state index is 0.250. The van der Waals surface area contributed by atoms with Crippen LogP contribution in [0, 0.1) is 5.41 Å². The first-order valence-electron chi connectivity index (χ1n) is 7.69. The molecule has 0 aromatic carbocycles. The van der Waals surface area contributed by atoms with Gasteiger partial charge >= 0.3 is 0 Å². The molecule has 0 aliphatic carbocycles. The van der Waals surface area contributed by atoms with Crippen LogP contribution >= 0.6 is 0 Å². The van der Waals surface area contributed by atoms with Crippen molar-refractivity contribution in [3.05, 3.63) is 0 Å². The normalized spacial score (nSPS) is 23.7. The molecule has 1 saturated heterocycles. The van der Waals surface area contributed by atoms with E-state index < -0.39 is 0 Å². The van der Waals surface area contributed by atoms with Gasteiger partial charge in [-0.3, -0.25) is 0 Å². The summed E-state index contributed by atoms with van der Waals surface area (Å²) in [7, 11) is 0. The standard InChI is InChI=1S/C16H34N2/c1-14(8-11-17-15(2,3)4)18-12-7-9-16(5,6)10-13-18/h14,17H,7-13H2,1-6H3. The van der Waals surface area contributed by atoms with Crippen molar-refractivity contribution in [1.82, 2.24) is 10.2 Å². The first-order chi connectivity index (χ1) is 8.20. The molecular formula is C16H34N2. The molecular weight excluding hydrogens is 220 g/mol. The van der Waals surface area contributed by atoms with E-state index in [1.807, 2.05) is 0 Å². The molecule has 0 amide bonds. The first-order valence-corrected chi connectivity index (χ1v) is 7.69. The highest BCUT2D eigenvalue weighted by Gasteiger charge is 2.25. The fraction of sp³-hybridized carbons (Fsp3) is 1.00. The van der Waals surface area contributed by atoms with Crippen LogP contribution in [0.5, 0.6) is 0 Å². The molecule has 1 fully saturated rings. The largest absolute Gasteiger partial charge is 0.312 e. The summed E-state index contributed by atoms with van der Waals surface area (Å²) in [6.07, 6.45) is 5.36. The van der Waals surface area contributed by atoms with Gasteiger partial charge in [0.05, 0.1) is 0 Å². The van der Waals surface area contributed by atoms with E-state index in [-0.39, 0.29) is 5.54 Å². The quantitative estimate of drug-likeness (QED) is 0.823. The van der Waals surface area contributed by atoms with Gasteiger partial charge in [0.1, 0.15) is 0 Å². The summed E-state index contributed by atoms with van der Waals surface area (Å²) in [6.45, 7) is 17.7. The molecule has 0 aromatic heterocycles. The monoisotopic (exact) mass is 254 g/mol. The third-order valence-electron chi connectivity index (χ3n) is 4.22. The van der Waals surface area contributed by atoms with Crippen LogP contribution < -0.4 is 5.32 Å². The lowest BCUT2D eigenvalue weighted by Crippen LogP contribution is -2.41. The van der Waals surface area contributed by atoms with Gasteiger partial charge in [0, 0.05) is 11.6 Å². The fourth-order valence-electron chi connectivity index (χ4n) is 2.72. The minimum Gasteiger partial charge on any atom is -0.312 e. The van der Waals surface area contributed by atoms with Crippen LogP contribution in [0.3, 0.4) is 0 Å². The lowest BCUT2D eigenvalue weighted by atomic mass is 9.85. The molecule has 0 radical (unpaired) electrons. The van der Waals surface area contributed by atoms with Crippen molar-refractivity contribution in [3.8, 4) is 0 Å². The molecule has 2 heteroatoms. The van der Waals surface area contributed by atoms with Gasteiger partial charge in [-0.05, 0) is 78.4 Å². The lowest BCUT2D eigenvalue weighted by Gasteiger charge is -2.30. The van der Waals surface area contributed by atoms with E-state index in [0.717, 1.165) is 6.54 Å². The smallest absolute Gasteiger partial charge is 0.00965 e. The first kappa shape index (κ1) is 16.0. The van der Waals surface area contributed by atoms with E-state index in [1.54, 1.807) is 0 Å². The molecule has 1 rings (SSSR count). The van der Waals surface area contributed by atoms with Crippen LogP contribution in [0.15, 0.2) is 0 Å². The van der Waals surface area contributed by atoms with Crippen LogP contribution in [0.2, 0.25) is 0 Å². The Balaban J connectivity index is 2.31. The molecule has 0 spiro atoms. The van der Waals surface area contributed by atoms with Crippen molar-refractivity contribution in [2.24, 2.45) is 5.41 Å². The Hall–Kier alpha value is -0.0800. The zero-order chi connectivity index (χ0) is 13.8. The summed E-state index contributed by atoms with van der Waals surface area (Å²) in [6, 6.07) is 0.716. The van der Waals surface area contributed by atoms with Gasteiger partial charge in [0.15, 0.2) is 0 Å². The second-order valence-electron chi connectivity index (χ2n) is 7.87. The Labute approximate surface area is 115 Å². The Bertz CT molecular complexity index is 240. The maximum Gasteiger partial charge on any atom is 0.00965 e. The van der Waals surface area contributed by atoms with Gasteiger partial charge in [-0.15, -0.1) is 0 Å². The minimum atomic E-state index is 0.250. The summed E-state index contributed by atoms with van der Waals surface area (Å²) in [4.78, 5) is 2.69. The van der Waals surface area contributed by atoms with Gasteiger partial charge < -0.3 is 10.2 Å². The highest BCUT2D eigenvalue weighted by atomic mass is 15.2. The van der Waals surface area contributed by atoms with E-state index in [2.05, 4.69) is 51.8 Å². The van der Waals surface area contributed by atoms with Crippen molar-refractivity contribution in [3.63, 3.8) is 0 Å². The van der Waals surface area contributed by atoms with Crippen molar-refractivity contribution in [1.29, 1.82) is 0 Å². The lowest BCUT2D eigenvalue weighted by molar-refractivity contribution is 0.194. The van der Waals surface area contributed by atoms with Crippen LogP contribution in [0.1, 0.15) is 67.2 Å². The van der Waals surface area contributed by atoms with Gasteiger partial charge in [-0.1, -0.05) is 13.8 Å². The third kappa shape index (κ3) is 6.19. The number of nitrogens with zero attached hydrogens (tertiary/aromatic N) is 1. The molecule has 1 aliphatic heterocycles. The van der Waals surface area contributed by atoms with Gasteiger partial charge in [0.2, 0.25) is 0 Å². The van der Waals surface area contributed by atoms with Crippen molar-refractivity contribution < 1.29 is 0 Å². The average molecular weight is 254 g/mol. The molecule has 0 aromatic rings. The predicted octanol–water partition coefficient (Wildman–Crippen LogP) is 3.67. The third-order valence-corrected chi connectivity index (χ3v) is 4.22. The van der Waals surface area contributed by atoms with Gasteiger partial charge in [-0.2, -0.15) is 0 Å². The highest BCUT2D eigenvalue weighted by molar-refractivity contribution is 4.80. The van der Waals surface area contributed by atoms with Gasteiger partial charge in [0.25, 0.3) is 0 Å². The molecule has 18 heavy (non-hydrogen) atoms. The Morgan fingerprint density at radius 3 is 2.44 bits per heavy atom. The maximum atomic E-state index is 3.60. The molecule has 108 valence electrons. The Kier molecular flexibility index (Phi) is 5.67. The molecule has 1 atom stereocenters. The van der Waals surface area contributed by atoms with Crippen molar-refractivity contribution >= 4 is 0 Å². The van der Waals surface area contributed by atoms with Crippen LogP contribution in [-0.2, 0) is 0 Å².